The van der Waals surface area contributed by atoms with Gasteiger partial charge in [-0.3, -0.25) is 0 Å². The van der Waals surface area contributed by atoms with Gasteiger partial charge in [0, 0.05) is 0 Å². The Morgan fingerprint density at radius 2 is 1.88 bits per heavy atom. The summed E-state index contributed by atoms with van der Waals surface area (Å²) in [7, 11) is 0. The van der Waals surface area contributed by atoms with Gasteiger partial charge in [-0.2, -0.15) is 0 Å². The lowest BCUT2D eigenvalue weighted by Crippen LogP contribution is -2.07. The standard InChI is InChI=1S/C13H10ClNO2/c14-12-8-4-7-11(15-12)13(16)17-9-10-5-2-1-3-6-10/h1-8H,9H2. The highest BCUT2D eigenvalue weighted by molar-refractivity contribution is 6.29. The van der Waals surface area contributed by atoms with Gasteiger partial charge in [0.05, 0.1) is 0 Å². The fourth-order valence-corrected chi connectivity index (χ4v) is 1.48. The van der Waals surface area contributed by atoms with Crippen LogP contribution in [0.5, 0.6) is 0 Å². The molecule has 0 spiro atoms. The Kier molecular flexibility index (Phi) is 3.73. The molecule has 1 heterocycles. The van der Waals surface area contributed by atoms with Gasteiger partial charge < -0.3 is 4.74 Å². The first kappa shape index (κ1) is 11.6. The molecular weight excluding hydrogens is 238 g/mol. The van der Waals surface area contributed by atoms with Gasteiger partial charge in [-0.05, 0) is 17.7 Å². The van der Waals surface area contributed by atoms with E-state index in [1.807, 2.05) is 30.3 Å². The molecule has 0 aliphatic heterocycles. The maximum atomic E-state index is 11.6. The van der Waals surface area contributed by atoms with Gasteiger partial charge in [0.25, 0.3) is 0 Å². The number of carbonyl (C=O) groups is 1. The van der Waals surface area contributed by atoms with Crippen LogP contribution in [0, 0.1) is 0 Å². The number of rotatable bonds is 3. The van der Waals surface area contributed by atoms with E-state index in [1.165, 1.54) is 0 Å². The molecule has 0 aliphatic rings. The quantitative estimate of drug-likeness (QED) is 0.618. The summed E-state index contributed by atoms with van der Waals surface area (Å²) in [5.41, 5.74) is 1.15. The first-order valence-corrected chi connectivity index (χ1v) is 5.47. The van der Waals surface area contributed by atoms with Crippen molar-refractivity contribution in [1.82, 2.24) is 4.98 Å². The van der Waals surface area contributed by atoms with Crippen LogP contribution in [-0.4, -0.2) is 11.0 Å². The summed E-state index contributed by atoms with van der Waals surface area (Å²) in [4.78, 5) is 15.5. The molecule has 0 aliphatic carbocycles. The molecule has 0 fully saturated rings. The highest BCUT2D eigenvalue weighted by Gasteiger charge is 2.08. The normalized spacial score (nSPS) is 9.94. The summed E-state index contributed by atoms with van der Waals surface area (Å²) in [5, 5.41) is 0.277. The molecule has 0 unspecified atom stereocenters. The average Bonchev–Trinajstić information content (AvgIpc) is 2.37. The first-order chi connectivity index (χ1) is 8.25. The topological polar surface area (TPSA) is 39.2 Å². The van der Waals surface area contributed by atoms with E-state index in [2.05, 4.69) is 4.98 Å². The van der Waals surface area contributed by atoms with E-state index in [1.54, 1.807) is 18.2 Å². The molecule has 86 valence electrons. The Bertz CT molecular complexity index is 514. The van der Waals surface area contributed by atoms with Crippen LogP contribution in [-0.2, 0) is 11.3 Å². The highest BCUT2D eigenvalue weighted by atomic mass is 35.5. The van der Waals surface area contributed by atoms with Gasteiger partial charge in [-0.25, -0.2) is 9.78 Å². The second kappa shape index (κ2) is 5.46. The lowest BCUT2D eigenvalue weighted by molar-refractivity contribution is 0.0466. The second-order valence-electron chi connectivity index (χ2n) is 3.41. The van der Waals surface area contributed by atoms with Crippen LogP contribution in [0.25, 0.3) is 0 Å². The summed E-state index contributed by atoms with van der Waals surface area (Å²) in [5.74, 6) is -0.476. The molecule has 17 heavy (non-hydrogen) atoms. The van der Waals surface area contributed by atoms with Crippen molar-refractivity contribution in [3.05, 3.63) is 64.9 Å². The number of hydrogen-bond acceptors (Lipinski definition) is 3. The molecule has 0 saturated carbocycles. The zero-order valence-corrected chi connectivity index (χ0v) is 9.72. The van der Waals surface area contributed by atoms with Crippen molar-refractivity contribution >= 4 is 17.6 Å². The third-order valence-electron chi connectivity index (χ3n) is 2.14. The van der Waals surface area contributed by atoms with Gasteiger partial charge >= 0.3 is 5.97 Å². The Hall–Kier alpha value is -1.87. The number of carbonyl (C=O) groups excluding carboxylic acids is 1. The number of pyridine rings is 1. The van der Waals surface area contributed by atoms with Crippen LogP contribution >= 0.6 is 11.6 Å². The van der Waals surface area contributed by atoms with Gasteiger partial charge in [0.15, 0.2) is 0 Å². The molecule has 1 aromatic heterocycles. The largest absolute Gasteiger partial charge is 0.456 e. The third kappa shape index (κ3) is 3.29. The molecular formula is C13H10ClNO2. The maximum absolute atomic E-state index is 11.6. The maximum Gasteiger partial charge on any atom is 0.357 e. The number of esters is 1. The van der Waals surface area contributed by atoms with Crippen LogP contribution in [0.3, 0.4) is 0 Å². The van der Waals surface area contributed by atoms with Crippen molar-refractivity contribution < 1.29 is 9.53 Å². The van der Waals surface area contributed by atoms with Crippen molar-refractivity contribution in [1.29, 1.82) is 0 Å². The molecule has 0 radical (unpaired) electrons. The number of nitrogens with zero attached hydrogens (tertiary/aromatic N) is 1. The van der Waals surface area contributed by atoms with E-state index in [9.17, 15) is 4.79 Å². The van der Waals surface area contributed by atoms with Gasteiger partial charge in [-0.15, -0.1) is 0 Å². The average molecular weight is 248 g/mol. The lowest BCUT2D eigenvalue weighted by Gasteiger charge is -2.04. The fourth-order valence-electron chi connectivity index (χ4n) is 1.32. The predicted octanol–water partition coefficient (Wildman–Crippen LogP) is 3.09. The Morgan fingerprint density at radius 1 is 1.12 bits per heavy atom. The van der Waals surface area contributed by atoms with E-state index >= 15 is 0 Å². The zero-order chi connectivity index (χ0) is 12.1. The molecule has 0 amide bonds. The van der Waals surface area contributed by atoms with Crippen LogP contribution in [0.2, 0.25) is 5.15 Å². The fraction of sp³-hybridized carbons (Fsp3) is 0.0769. The molecule has 0 N–H and O–H groups in total. The molecule has 2 aromatic rings. The monoisotopic (exact) mass is 247 g/mol. The molecule has 3 nitrogen and oxygen atoms in total. The number of aromatic nitrogens is 1. The van der Waals surface area contributed by atoms with E-state index < -0.39 is 5.97 Å². The second-order valence-corrected chi connectivity index (χ2v) is 3.79. The summed E-state index contributed by atoms with van der Waals surface area (Å²) in [6.07, 6.45) is 0. The van der Waals surface area contributed by atoms with Crippen molar-refractivity contribution in [2.75, 3.05) is 0 Å². The van der Waals surface area contributed by atoms with Gasteiger partial charge in [0.1, 0.15) is 17.5 Å². The van der Waals surface area contributed by atoms with Crippen molar-refractivity contribution in [3.8, 4) is 0 Å². The molecule has 2 rings (SSSR count). The number of hydrogen-bond donors (Lipinski definition) is 0. The van der Waals surface area contributed by atoms with Crippen molar-refractivity contribution in [3.63, 3.8) is 0 Å². The van der Waals surface area contributed by atoms with E-state index in [0.717, 1.165) is 5.56 Å². The summed E-state index contributed by atoms with van der Waals surface area (Å²) in [6.45, 7) is 0.230. The van der Waals surface area contributed by atoms with Crippen molar-refractivity contribution in [2.24, 2.45) is 0 Å². The SMILES string of the molecule is O=C(OCc1ccccc1)c1cccc(Cl)n1. The predicted molar refractivity (Wildman–Crippen MR) is 64.8 cm³/mol. The van der Waals surface area contributed by atoms with Gasteiger partial charge in [-0.1, -0.05) is 48.0 Å². The van der Waals surface area contributed by atoms with Crippen LogP contribution < -0.4 is 0 Å². The number of halogens is 1. The van der Waals surface area contributed by atoms with Crippen LogP contribution in [0.4, 0.5) is 0 Å². The minimum atomic E-state index is -0.476. The smallest absolute Gasteiger partial charge is 0.357 e. The van der Waals surface area contributed by atoms with Gasteiger partial charge in [0.2, 0.25) is 0 Å². The minimum absolute atomic E-state index is 0.216. The van der Waals surface area contributed by atoms with E-state index in [4.69, 9.17) is 16.3 Å². The first-order valence-electron chi connectivity index (χ1n) is 5.09. The van der Waals surface area contributed by atoms with Crippen LogP contribution in [0.15, 0.2) is 48.5 Å². The molecule has 4 heteroatoms. The molecule has 0 bridgehead atoms. The Balaban J connectivity index is 1.98. The Labute approximate surface area is 104 Å². The van der Waals surface area contributed by atoms with Crippen molar-refractivity contribution in [2.45, 2.75) is 6.61 Å². The molecule has 0 atom stereocenters. The number of benzene rings is 1. The number of ether oxygens (including phenoxy) is 1. The highest BCUT2D eigenvalue weighted by Crippen LogP contribution is 2.08. The third-order valence-corrected chi connectivity index (χ3v) is 2.35. The summed E-state index contributed by atoms with van der Waals surface area (Å²) in [6, 6.07) is 14.3. The lowest BCUT2D eigenvalue weighted by atomic mass is 10.2. The Morgan fingerprint density at radius 3 is 2.59 bits per heavy atom. The minimum Gasteiger partial charge on any atom is -0.456 e. The molecule has 1 aromatic carbocycles. The summed E-state index contributed by atoms with van der Waals surface area (Å²) < 4.78 is 5.11. The molecule has 0 saturated heterocycles. The van der Waals surface area contributed by atoms with E-state index in [-0.39, 0.29) is 17.5 Å². The zero-order valence-electron chi connectivity index (χ0n) is 8.97. The van der Waals surface area contributed by atoms with Crippen LogP contribution in [0.1, 0.15) is 16.1 Å². The summed E-state index contributed by atoms with van der Waals surface area (Å²) >= 11 is 5.69. The van der Waals surface area contributed by atoms with E-state index in [0.29, 0.717) is 0 Å².